The number of hydrogen-bond donors (Lipinski definition) is 1. The van der Waals surface area contributed by atoms with E-state index in [-0.39, 0.29) is 5.91 Å². The number of nitrogens with one attached hydrogen (secondary N) is 1. The van der Waals surface area contributed by atoms with Gasteiger partial charge in [0, 0.05) is 26.2 Å². The van der Waals surface area contributed by atoms with Gasteiger partial charge in [-0.25, -0.2) is 0 Å². The molecule has 0 aliphatic carbocycles. The van der Waals surface area contributed by atoms with Crippen molar-refractivity contribution in [2.45, 2.75) is 19.4 Å². The van der Waals surface area contributed by atoms with Gasteiger partial charge < -0.3 is 15.0 Å². The van der Waals surface area contributed by atoms with Crippen LogP contribution < -0.4 is 10.1 Å². The summed E-state index contributed by atoms with van der Waals surface area (Å²) >= 11 is 6.11. The number of hydrogen-bond acceptors (Lipinski definition) is 3. The van der Waals surface area contributed by atoms with E-state index in [1.54, 1.807) is 12.1 Å². The van der Waals surface area contributed by atoms with Crippen molar-refractivity contribution >= 4 is 17.5 Å². The van der Waals surface area contributed by atoms with E-state index in [2.05, 4.69) is 5.32 Å². The first-order valence-electron chi connectivity index (χ1n) is 7.59. The Morgan fingerprint density at radius 2 is 2.05 bits per heavy atom. The van der Waals surface area contributed by atoms with E-state index in [4.69, 9.17) is 16.3 Å². The van der Waals surface area contributed by atoms with Crippen molar-refractivity contribution in [2.75, 3.05) is 26.2 Å². The Balaban J connectivity index is 1.66. The van der Waals surface area contributed by atoms with E-state index >= 15 is 0 Å². The van der Waals surface area contributed by atoms with Crippen molar-refractivity contribution in [3.05, 3.63) is 29.3 Å². The Kier molecular flexibility index (Phi) is 4.36. The van der Waals surface area contributed by atoms with Crippen molar-refractivity contribution in [3.63, 3.8) is 0 Å². The lowest BCUT2D eigenvalue weighted by Crippen LogP contribution is -2.41. The number of para-hydroxylation sites is 1. The maximum atomic E-state index is 12.7. The Morgan fingerprint density at radius 1 is 1.38 bits per heavy atom. The lowest BCUT2D eigenvalue weighted by molar-refractivity contribution is -0.138. The molecular formula is C16H21ClN2O2. The Morgan fingerprint density at radius 3 is 2.67 bits per heavy atom. The molecule has 2 heterocycles. The van der Waals surface area contributed by atoms with Crippen LogP contribution >= 0.6 is 11.6 Å². The summed E-state index contributed by atoms with van der Waals surface area (Å²) < 4.78 is 5.85. The van der Waals surface area contributed by atoms with Gasteiger partial charge in [0.15, 0.2) is 6.10 Å². The van der Waals surface area contributed by atoms with Crippen molar-refractivity contribution in [1.82, 2.24) is 10.2 Å². The fourth-order valence-corrected chi connectivity index (χ4v) is 3.42. The molecule has 0 radical (unpaired) electrons. The lowest BCUT2D eigenvalue weighted by Gasteiger charge is -2.24. The number of benzene rings is 1. The normalized spacial score (nSPS) is 25.7. The molecule has 5 heteroatoms. The van der Waals surface area contributed by atoms with Gasteiger partial charge >= 0.3 is 0 Å². The van der Waals surface area contributed by atoms with Crippen LogP contribution in [0.1, 0.15) is 13.3 Å². The molecule has 1 unspecified atom stereocenters. The summed E-state index contributed by atoms with van der Waals surface area (Å²) in [6, 6.07) is 7.30. The highest BCUT2D eigenvalue weighted by Gasteiger charge is 2.40. The minimum atomic E-state index is -0.448. The summed E-state index contributed by atoms with van der Waals surface area (Å²) in [5, 5.41) is 3.94. The lowest BCUT2D eigenvalue weighted by atomic mass is 10.0. The van der Waals surface area contributed by atoms with Crippen LogP contribution in [0.4, 0.5) is 0 Å². The first-order valence-corrected chi connectivity index (χ1v) is 7.97. The first kappa shape index (κ1) is 14.7. The van der Waals surface area contributed by atoms with Crippen molar-refractivity contribution in [1.29, 1.82) is 0 Å². The van der Waals surface area contributed by atoms with Gasteiger partial charge in [-0.2, -0.15) is 0 Å². The summed E-state index contributed by atoms with van der Waals surface area (Å²) in [5.74, 6) is 1.88. The van der Waals surface area contributed by atoms with Gasteiger partial charge in [0.25, 0.3) is 5.91 Å². The summed E-state index contributed by atoms with van der Waals surface area (Å²) in [5.41, 5.74) is 0. The van der Waals surface area contributed by atoms with Gasteiger partial charge in [-0.1, -0.05) is 30.7 Å². The number of fused-ring (bicyclic) bond motifs is 1. The van der Waals surface area contributed by atoms with Gasteiger partial charge in [0.05, 0.1) is 5.02 Å². The van der Waals surface area contributed by atoms with Crippen molar-refractivity contribution in [2.24, 2.45) is 11.8 Å². The second-order valence-electron chi connectivity index (χ2n) is 5.87. The molecule has 0 spiro atoms. The van der Waals surface area contributed by atoms with Crippen LogP contribution in [0.3, 0.4) is 0 Å². The number of carbonyl (C=O) groups excluding carboxylic acids is 1. The second kappa shape index (κ2) is 6.24. The molecule has 114 valence electrons. The molecule has 0 saturated carbocycles. The third-order valence-electron chi connectivity index (χ3n) is 4.45. The topological polar surface area (TPSA) is 41.6 Å². The zero-order valence-corrected chi connectivity index (χ0v) is 13.0. The van der Waals surface area contributed by atoms with E-state index < -0.39 is 6.10 Å². The monoisotopic (exact) mass is 308 g/mol. The fraction of sp³-hybridized carbons (Fsp3) is 0.562. The molecule has 2 aliphatic rings. The highest BCUT2D eigenvalue weighted by molar-refractivity contribution is 6.32. The van der Waals surface area contributed by atoms with Gasteiger partial charge in [-0.05, 0) is 30.4 Å². The molecule has 2 saturated heterocycles. The zero-order chi connectivity index (χ0) is 14.8. The molecule has 2 aliphatic heterocycles. The minimum absolute atomic E-state index is 0.0896. The molecule has 21 heavy (non-hydrogen) atoms. The largest absolute Gasteiger partial charge is 0.479 e. The number of ether oxygens (including phenoxy) is 1. The zero-order valence-electron chi connectivity index (χ0n) is 12.2. The number of nitrogens with zero attached hydrogens (tertiary/aromatic N) is 1. The molecule has 3 rings (SSSR count). The van der Waals surface area contributed by atoms with Crippen molar-refractivity contribution in [3.8, 4) is 5.75 Å². The van der Waals surface area contributed by atoms with Gasteiger partial charge in [0.2, 0.25) is 0 Å². The quantitative estimate of drug-likeness (QED) is 0.927. The third-order valence-corrected chi connectivity index (χ3v) is 4.77. The number of halogens is 1. The van der Waals surface area contributed by atoms with E-state index in [1.165, 1.54) is 0 Å². The first-order chi connectivity index (χ1) is 10.2. The molecule has 4 nitrogen and oxygen atoms in total. The fourth-order valence-electron chi connectivity index (χ4n) is 3.24. The average Bonchev–Trinajstić information content (AvgIpc) is 3.07. The van der Waals surface area contributed by atoms with Crippen LogP contribution in [0.15, 0.2) is 24.3 Å². The Bertz CT molecular complexity index is 511. The second-order valence-corrected chi connectivity index (χ2v) is 6.27. The molecule has 2 fully saturated rings. The van der Waals surface area contributed by atoms with Crippen LogP contribution in [-0.4, -0.2) is 43.1 Å². The average molecular weight is 309 g/mol. The van der Waals surface area contributed by atoms with Crippen LogP contribution in [0.5, 0.6) is 5.75 Å². The Labute approximate surface area is 130 Å². The number of carbonyl (C=O) groups is 1. The summed E-state index contributed by atoms with van der Waals surface area (Å²) in [7, 11) is 0. The van der Waals surface area contributed by atoms with Crippen LogP contribution in [0, 0.1) is 11.8 Å². The predicted octanol–water partition coefficient (Wildman–Crippen LogP) is 2.18. The van der Waals surface area contributed by atoms with E-state index in [9.17, 15) is 4.79 Å². The number of amides is 1. The standard InChI is InChI=1S/C16H21ClN2O2/c1-2-14(21-15-6-4-3-5-13(15)17)16(20)19-9-11-7-18-8-12(11)10-19/h3-6,11-12,14,18H,2,7-10H2,1H3/t11-,12+,14?. The van der Waals surface area contributed by atoms with Gasteiger partial charge in [0.1, 0.15) is 5.75 Å². The number of likely N-dealkylation sites (tertiary alicyclic amines) is 1. The van der Waals surface area contributed by atoms with E-state index in [1.807, 2.05) is 24.0 Å². The molecule has 1 aromatic rings. The third kappa shape index (κ3) is 3.01. The molecule has 1 amide bonds. The SMILES string of the molecule is CCC(Oc1ccccc1Cl)C(=O)N1C[C@H]2CNC[C@H]2C1. The van der Waals surface area contributed by atoms with Crippen molar-refractivity contribution < 1.29 is 9.53 Å². The predicted molar refractivity (Wildman–Crippen MR) is 82.6 cm³/mol. The molecular weight excluding hydrogens is 288 g/mol. The summed E-state index contributed by atoms with van der Waals surface area (Å²) in [6.45, 7) is 5.71. The van der Waals surface area contributed by atoms with Crippen LogP contribution in [0.2, 0.25) is 5.02 Å². The summed E-state index contributed by atoms with van der Waals surface area (Å²) in [4.78, 5) is 14.6. The molecule has 0 bridgehead atoms. The molecule has 3 atom stereocenters. The maximum Gasteiger partial charge on any atom is 0.263 e. The van der Waals surface area contributed by atoms with E-state index in [0.29, 0.717) is 29.0 Å². The van der Waals surface area contributed by atoms with Gasteiger partial charge in [-0.15, -0.1) is 0 Å². The highest BCUT2D eigenvalue weighted by atomic mass is 35.5. The Hall–Kier alpha value is -1.26. The smallest absolute Gasteiger partial charge is 0.263 e. The minimum Gasteiger partial charge on any atom is -0.479 e. The van der Waals surface area contributed by atoms with E-state index in [0.717, 1.165) is 26.2 Å². The molecule has 1 aromatic carbocycles. The van der Waals surface area contributed by atoms with Crippen LogP contribution in [0.25, 0.3) is 0 Å². The van der Waals surface area contributed by atoms with Crippen LogP contribution in [-0.2, 0) is 4.79 Å². The maximum absolute atomic E-state index is 12.7. The summed E-state index contributed by atoms with van der Waals surface area (Å²) in [6.07, 6.45) is 0.199. The molecule has 1 N–H and O–H groups in total. The van der Waals surface area contributed by atoms with Gasteiger partial charge in [-0.3, -0.25) is 4.79 Å². The highest BCUT2D eigenvalue weighted by Crippen LogP contribution is 2.29. The molecule has 0 aromatic heterocycles. The number of rotatable bonds is 4.